The number of rotatable bonds is 5. The fourth-order valence-corrected chi connectivity index (χ4v) is 3.20. The molecule has 2 nitrogen and oxygen atoms in total. The number of halogens is 1. The van der Waals surface area contributed by atoms with Crippen molar-refractivity contribution in [3.05, 3.63) is 28.8 Å². The second-order valence-corrected chi connectivity index (χ2v) is 6.29. The molecule has 0 bridgehead atoms. The summed E-state index contributed by atoms with van der Waals surface area (Å²) in [6.45, 7) is 3.55. The predicted octanol–water partition coefficient (Wildman–Crippen LogP) is 5.13. The van der Waals surface area contributed by atoms with Gasteiger partial charge in [-0.3, -0.25) is 4.79 Å². The van der Waals surface area contributed by atoms with Crippen molar-refractivity contribution in [1.82, 2.24) is 0 Å². The Labute approximate surface area is 126 Å². The molecule has 0 radical (unpaired) electrons. The van der Waals surface area contributed by atoms with Crippen molar-refractivity contribution in [2.45, 2.75) is 64.4 Å². The molecule has 1 unspecified atom stereocenters. The Morgan fingerprint density at radius 1 is 1.35 bits per heavy atom. The number of carbonyl (C=O) groups is 1. The second-order valence-electron chi connectivity index (χ2n) is 5.85. The number of hydrogen-bond donors (Lipinski definition) is 0. The lowest BCUT2D eigenvalue weighted by Gasteiger charge is -2.25. The molecule has 0 spiro atoms. The molecule has 0 aromatic heterocycles. The molecule has 1 aromatic carbocycles. The molecule has 0 heterocycles. The normalized spacial score (nSPS) is 17.8. The fraction of sp³-hybridized carbons (Fsp3) is 0.588. The van der Waals surface area contributed by atoms with Crippen LogP contribution in [-0.2, 0) is 4.79 Å². The number of carbonyl (C=O) groups excluding carboxylic acids is 1. The van der Waals surface area contributed by atoms with Gasteiger partial charge in [-0.05, 0) is 56.4 Å². The minimum atomic E-state index is -0.0870. The zero-order valence-corrected chi connectivity index (χ0v) is 13.1. The molecule has 110 valence electrons. The van der Waals surface area contributed by atoms with Crippen molar-refractivity contribution in [3.63, 3.8) is 0 Å². The van der Waals surface area contributed by atoms with Gasteiger partial charge in [0.2, 0.25) is 0 Å². The average molecular weight is 295 g/mol. The Balaban J connectivity index is 2.16. The average Bonchev–Trinajstić information content (AvgIpc) is 2.41. The highest BCUT2D eigenvalue weighted by Crippen LogP contribution is 2.39. The van der Waals surface area contributed by atoms with E-state index in [1.807, 2.05) is 25.1 Å². The van der Waals surface area contributed by atoms with E-state index in [0.717, 1.165) is 10.8 Å². The SMILES string of the molecule is CC(=O)CC(C)Oc1ccc(Cl)cc1C1CCCCC1. The monoisotopic (exact) mass is 294 g/mol. The fourth-order valence-electron chi connectivity index (χ4n) is 3.02. The maximum atomic E-state index is 11.2. The summed E-state index contributed by atoms with van der Waals surface area (Å²) in [4.78, 5) is 11.2. The molecule has 0 aliphatic heterocycles. The Morgan fingerprint density at radius 2 is 2.05 bits per heavy atom. The number of hydrogen-bond acceptors (Lipinski definition) is 2. The molecular weight excluding hydrogens is 272 g/mol. The van der Waals surface area contributed by atoms with E-state index in [2.05, 4.69) is 0 Å². The Hall–Kier alpha value is -1.02. The molecule has 1 saturated carbocycles. The first-order valence-corrected chi connectivity index (χ1v) is 7.89. The molecule has 0 N–H and O–H groups in total. The van der Waals surface area contributed by atoms with E-state index >= 15 is 0 Å². The third kappa shape index (κ3) is 4.24. The minimum Gasteiger partial charge on any atom is -0.490 e. The van der Waals surface area contributed by atoms with Gasteiger partial charge < -0.3 is 4.74 Å². The molecule has 1 aliphatic rings. The van der Waals surface area contributed by atoms with E-state index in [-0.39, 0.29) is 11.9 Å². The molecule has 1 aliphatic carbocycles. The van der Waals surface area contributed by atoms with Crippen molar-refractivity contribution in [3.8, 4) is 5.75 Å². The third-order valence-corrected chi connectivity index (χ3v) is 4.15. The van der Waals surface area contributed by atoms with Crippen LogP contribution in [0.4, 0.5) is 0 Å². The molecule has 1 fully saturated rings. The first-order chi connectivity index (χ1) is 9.56. The standard InChI is InChI=1S/C17H23ClO2/c1-12(19)10-13(2)20-17-9-8-15(18)11-16(17)14-6-4-3-5-7-14/h8-9,11,13-14H,3-7,10H2,1-2H3. The summed E-state index contributed by atoms with van der Waals surface area (Å²) < 4.78 is 5.99. The van der Waals surface area contributed by atoms with Gasteiger partial charge in [0.15, 0.2) is 0 Å². The van der Waals surface area contributed by atoms with Gasteiger partial charge in [0.05, 0.1) is 0 Å². The van der Waals surface area contributed by atoms with Gasteiger partial charge in [-0.25, -0.2) is 0 Å². The highest BCUT2D eigenvalue weighted by atomic mass is 35.5. The maximum Gasteiger partial charge on any atom is 0.133 e. The van der Waals surface area contributed by atoms with Crippen LogP contribution < -0.4 is 4.74 Å². The van der Waals surface area contributed by atoms with Crippen molar-refractivity contribution in [1.29, 1.82) is 0 Å². The maximum absolute atomic E-state index is 11.2. The topological polar surface area (TPSA) is 26.3 Å². The van der Waals surface area contributed by atoms with Crippen LogP contribution in [0.5, 0.6) is 5.75 Å². The molecule has 0 amide bonds. The van der Waals surface area contributed by atoms with Crippen molar-refractivity contribution in [2.75, 3.05) is 0 Å². The van der Waals surface area contributed by atoms with Gasteiger partial charge in [-0.15, -0.1) is 0 Å². The van der Waals surface area contributed by atoms with E-state index in [9.17, 15) is 4.79 Å². The van der Waals surface area contributed by atoms with Crippen LogP contribution >= 0.6 is 11.6 Å². The van der Waals surface area contributed by atoms with Gasteiger partial charge >= 0.3 is 0 Å². The Morgan fingerprint density at radius 3 is 2.70 bits per heavy atom. The van der Waals surface area contributed by atoms with Gasteiger partial charge in [0.25, 0.3) is 0 Å². The lowest BCUT2D eigenvalue weighted by atomic mass is 9.83. The van der Waals surface area contributed by atoms with Crippen molar-refractivity contribution >= 4 is 17.4 Å². The van der Waals surface area contributed by atoms with Crippen LogP contribution in [0, 0.1) is 0 Å². The Bertz CT molecular complexity index is 464. The number of Topliss-reactive ketones (excluding diaryl/α,β-unsaturated/α-hetero) is 1. The van der Waals surface area contributed by atoms with E-state index in [1.165, 1.54) is 37.7 Å². The molecular formula is C17H23ClO2. The van der Waals surface area contributed by atoms with E-state index in [1.54, 1.807) is 6.92 Å². The van der Waals surface area contributed by atoms with Gasteiger partial charge in [-0.2, -0.15) is 0 Å². The van der Waals surface area contributed by atoms with Crippen LogP contribution in [-0.4, -0.2) is 11.9 Å². The van der Waals surface area contributed by atoms with Crippen molar-refractivity contribution < 1.29 is 9.53 Å². The summed E-state index contributed by atoms with van der Waals surface area (Å²) in [5, 5.41) is 0.761. The predicted molar refractivity (Wildman–Crippen MR) is 82.7 cm³/mol. The zero-order chi connectivity index (χ0) is 14.5. The first-order valence-electron chi connectivity index (χ1n) is 7.52. The highest BCUT2D eigenvalue weighted by molar-refractivity contribution is 6.30. The summed E-state index contributed by atoms with van der Waals surface area (Å²) in [6, 6.07) is 5.85. The van der Waals surface area contributed by atoms with Gasteiger partial charge in [-0.1, -0.05) is 30.9 Å². The lowest BCUT2D eigenvalue weighted by Crippen LogP contribution is -2.17. The van der Waals surface area contributed by atoms with E-state index in [0.29, 0.717) is 12.3 Å². The quantitative estimate of drug-likeness (QED) is 0.752. The second kappa shape index (κ2) is 7.12. The van der Waals surface area contributed by atoms with E-state index in [4.69, 9.17) is 16.3 Å². The lowest BCUT2D eigenvalue weighted by molar-refractivity contribution is -0.118. The molecule has 0 saturated heterocycles. The summed E-state index contributed by atoms with van der Waals surface area (Å²) in [7, 11) is 0. The zero-order valence-electron chi connectivity index (χ0n) is 12.3. The smallest absolute Gasteiger partial charge is 0.133 e. The first kappa shape index (κ1) is 15.4. The molecule has 1 atom stereocenters. The molecule has 3 heteroatoms. The van der Waals surface area contributed by atoms with Crippen LogP contribution in [0.25, 0.3) is 0 Å². The Kier molecular flexibility index (Phi) is 5.47. The molecule has 1 aromatic rings. The largest absolute Gasteiger partial charge is 0.490 e. The van der Waals surface area contributed by atoms with Gasteiger partial charge in [0.1, 0.15) is 17.6 Å². The number of ketones is 1. The van der Waals surface area contributed by atoms with Crippen molar-refractivity contribution in [2.24, 2.45) is 0 Å². The summed E-state index contributed by atoms with van der Waals surface area (Å²) in [6.07, 6.45) is 6.66. The van der Waals surface area contributed by atoms with Crippen LogP contribution in [0.1, 0.15) is 63.9 Å². The molecule has 20 heavy (non-hydrogen) atoms. The van der Waals surface area contributed by atoms with Crippen LogP contribution in [0.3, 0.4) is 0 Å². The van der Waals surface area contributed by atoms with E-state index < -0.39 is 0 Å². The molecule has 2 rings (SSSR count). The third-order valence-electron chi connectivity index (χ3n) is 3.92. The summed E-state index contributed by atoms with van der Waals surface area (Å²) in [5.41, 5.74) is 1.22. The number of ether oxygens (including phenoxy) is 1. The number of benzene rings is 1. The van der Waals surface area contributed by atoms with Crippen LogP contribution in [0.15, 0.2) is 18.2 Å². The minimum absolute atomic E-state index is 0.0870. The summed E-state index contributed by atoms with van der Waals surface area (Å²) >= 11 is 6.15. The van der Waals surface area contributed by atoms with Crippen LogP contribution in [0.2, 0.25) is 5.02 Å². The highest BCUT2D eigenvalue weighted by Gasteiger charge is 2.20. The van der Waals surface area contributed by atoms with Gasteiger partial charge in [0, 0.05) is 11.4 Å². The summed E-state index contributed by atoms with van der Waals surface area (Å²) in [5.74, 6) is 1.60.